The summed E-state index contributed by atoms with van der Waals surface area (Å²) < 4.78 is 19.8. The normalized spacial score (nSPS) is 15.1. The number of benzene rings is 2. The van der Waals surface area contributed by atoms with Gasteiger partial charge in [0.25, 0.3) is 0 Å². The summed E-state index contributed by atoms with van der Waals surface area (Å²) in [6.07, 6.45) is 0. The SMILES string of the molecule is COc1ccc(CN2Cc3cc(Cl)cc(F)c3N(CC(C)(C)O)C2)cc1. The maximum atomic E-state index is 14.6. The Labute approximate surface area is 158 Å². The smallest absolute Gasteiger partial charge is 0.148 e. The largest absolute Gasteiger partial charge is 0.497 e. The van der Waals surface area contributed by atoms with Crippen LogP contribution in [0.4, 0.5) is 10.1 Å². The van der Waals surface area contributed by atoms with Gasteiger partial charge in [0.2, 0.25) is 0 Å². The van der Waals surface area contributed by atoms with Gasteiger partial charge in [0.05, 0.1) is 25.1 Å². The summed E-state index contributed by atoms with van der Waals surface area (Å²) in [6, 6.07) is 11.0. The number of anilines is 1. The first-order valence-corrected chi connectivity index (χ1v) is 8.93. The molecular formula is C20H24ClFN2O2. The molecule has 26 heavy (non-hydrogen) atoms. The molecule has 4 nitrogen and oxygen atoms in total. The van der Waals surface area contributed by atoms with Crippen LogP contribution < -0.4 is 9.64 Å². The molecule has 0 aliphatic carbocycles. The van der Waals surface area contributed by atoms with Gasteiger partial charge in [-0.1, -0.05) is 23.7 Å². The lowest BCUT2D eigenvalue weighted by atomic mass is 10.0. The van der Waals surface area contributed by atoms with Crippen LogP contribution in [0.15, 0.2) is 36.4 Å². The predicted octanol–water partition coefficient (Wildman–Crippen LogP) is 4.04. The molecule has 0 radical (unpaired) electrons. The van der Waals surface area contributed by atoms with Gasteiger partial charge in [-0.3, -0.25) is 4.90 Å². The Morgan fingerprint density at radius 1 is 1.23 bits per heavy atom. The summed E-state index contributed by atoms with van der Waals surface area (Å²) >= 11 is 6.06. The van der Waals surface area contributed by atoms with Crippen LogP contribution in [-0.2, 0) is 13.1 Å². The number of rotatable bonds is 5. The molecule has 6 heteroatoms. The molecule has 2 aromatic rings. The van der Waals surface area contributed by atoms with Crippen LogP contribution in [0.25, 0.3) is 0 Å². The molecule has 1 heterocycles. The van der Waals surface area contributed by atoms with Gasteiger partial charge in [-0.25, -0.2) is 4.39 Å². The lowest BCUT2D eigenvalue weighted by molar-refractivity contribution is 0.0812. The van der Waals surface area contributed by atoms with Crippen molar-refractivity contribution in [1.82, 2.24) is 4.90 Å². The summed E-state index contributed by atoms with van der Waals surface area (Å²) in [5.41, 5.74) is 1.56. The quantitative estimate of drug-likeness (QED) is 0.851. The van der Waals surface area contributed by atoms with Gasteiger partial charge in [0.15, 0.2) is 0 Å². The minimum atomic E-state index is -0.938. The van der Waals surface area contributed by atoms with Crippen molar-refractivity contribution in [2.45, 2.75) is 32.5 Å². The highest BCUT2D eigenvalue weighted by Crippen LogP contribution is 2.34. The van der Waals surface area contributed by atoms with Crippen molar-refractivity contribution in [2.75, 3.05) is 25.2 Å². The first-order valence-electron chi connectivity index (χ1n) is 8.56. The molecule has 0 bridgehead atoms. The van der Waals surface area contributed by atoms with E-state index >= 15 is 0 Å². The highest BCUT2D eigenvalue weighted by molar-refractivity contribution is 6.30. The van der Waals surface area contributed by atoms with Crippen LogP contribution in [0.5, 0.6) is 5.75 Å². The molecule has 0 saturated heterocycles. The van der Waals surface area contributed by atoms with E-state index < -0.39 is 5.60 Å². The first kappa shape index (κ1) is 19.0. The van der Waals surface area contributed by atoms with Gasteiger partial charge in [-0.05, 0) is 49.2 Å². The van der Waals surface area contributed by atoms with Crippen molar-refractivity contribution >= 4 is 17.3 Å². The number of ether oxygens (including phenoxy) is 1. The maximum Gasteiger partial charge on any atom is 0.148 e. The van der Waals surface area contributed by atoms with Crippen LogP contribution in [0.2, 0.25) is 5.02 Å². The summed E-state index contributed by atoms with van der Waals surface area (Å²) in [5.74, 6) is 0.469. The van der Waals surface area contributed by atoms with Crippen LogP contribution in [0, 0.1) is 5.82 Å². The molecule has 0 saturated carbocycles. The van der Waals surface area contributed by atoms with E-state index in [-0.39, 0.29) is 5.82 Å². The molecule has 0 unspecified atom stereocenters. The van der Waals surface area contributed by atoms with Crippen molar-refractivity contribution in [1.29, 1.82) is 0 Å². The van der Waals surface area contributed by atoms with Crippen LogP contribution in [0.3, 0.4) is 0 Å². The Bertz CT molecular complexity index is 775. The summed E-state index contributed by atoms with van der Waals surface area (Å²) in [7, 11) is 1.64. The molecular weight excluding hydrogens is 355 g/mol. The van der Waals surface area contributed by atoms with E-state index in [1.54, 1.807) is 27.0 Å². The van der Waals surface area contributed by atoms with E-state index in [9.17, 15) is 9.50 Å². The third-order valence-corrected chi connectivity index (χ3v) is 4.55. The number of fused-ring (bicyclic) bond motifs is 1. The van der Waals surface area contributed by atoms with E-state index in [0.29, 0.717) is 37.0 Å². The molecule has 0 atom stereocenters. The number of methoxy groups -OCH3 is 1. The van der Waals surface area contributed by atoms with Crippen molar-refractivity contribution in [3.8, 4) is 5.75 Å². The molecule has 2 aromatic carbocycles. The Morgan fingerprint density at radius 3 is 2.54 bits per heavy atom. The number of β-amino-alcohol motifs (C(OH)–C–C–N with tert-alkyl or cyclic N) is 1. The number of hydrogen-bond donors (Lipinski definition) is 1. The molecule has 0 fully saturated rings. The first-order chi connectivity index (χ1) is 12.2. The number of nitrogens with zero attached hydrogens (tertiary/aromatic N) is 2. The van der Waals surface area contributed by atoms with Crippen LogP contribution >= 0.6 is 11.6 Å². The Kier molecular flexibility index (Phi) is 5.42. The van der Waals surface area contributed by atoms with Crippen molar-refractivity contribution in [2.24, 2.45) is 0 Å². The van der Waals surface area contributed by atoms with Gasteiger partial charge in [-0.15, -0.1) is 0 Å². The van der Waals surface area contributed by atoms with E-state index in [1.807, 2.05) is 29.2 Å². The average Bonchev–Trinajstić information content (AvgIpc) is 2.53. The molecule has 0 aromatic heterocycles. The Balaban J connectivity index is 1.87. The lowest BCUT2D eigenvalue weighted by Crippen LogP contribution is -2.48. The van der Waals surface area contributed by atoms with Crippen molar-refractivity contribution in [3.63, 3.8) is 0 Å². The fourth-order valence-corrected chi connectivity index (χ4v) is 3.62. The minimum Gasteiger partial charge on any atom is -0.497 e. The number of aliphatic hydroxyl groups is 1. The summed E-state index contributed by atoms with van der Waals surface area (Å²) in [5, 5.41) is 10.6. The van der Waals surface area contributed by atoms with Gasteiger partial charge in [-0.2, -0.15) is 0 Å². The predicted molar refractivity (Wildman–Crippen MR) is 102 cm³/mol. The van der Waals surface area contributed by atoms with Crippen molar-refractivity contribution < 1.29 is 14.2 Å². The highest BCUT2D eigenvalue weighted by Gasteiger charge is 2.29. The Morgan fingerprint density at radius 2 is 1.92 bits per heavy atom. The highest BCUT2D eigenvalue weighted by atomic mass is 35.5. The Hall–Kier alpha value is -1.82. The minimum absolute atomic E-state index is 0.331. The molecule has 140 valence electrons. The fourth-order valence-electron chi connectivity index (χ4n) is 3.39. The fraction of sp³-hybridized carbons (Fsp3) is 0.400. The maximum absolute atomic E-state index is 14.6. The zero-order valence-corrected chi connectivity index (χ0v) is 16.1. The van der Waals surface area contributed by atoms with Gasteiger partial charge >= 0.3 is 0 Å². The molecule has 0 spiro atoms. The molecule has 1 aliphatic heterocycles. The molecule has 3 rings (SSSR count). The third-order valence-electron chi connectivity index (χ3n) is 4.33. The second kappa shape index (κ2) is 7.43. The second-order valence-electron chi connectivity index (χ2n) is 7.38. The van der Waals surface area contributed by atoms with E-state index in [1.165, 1.54) is 6.07 Å². The molecule has 1 aliphatic rings. The number of halogens is 2. The second-order valence-corrected chi connectivity index (χ2v) is 7.82. The summed E-state index contributed by atoms with van der Waals surface area (Å²) in [4.78, 5) is 4.08. The topological polar surface area (TPSA) is 35.9 Å². The third kappa shape index (κ3) is 4.47. The molecule has 0 amide bonds. The van der Waals surface area contributed by atoms with Gasteiger partial charge in [0, 0.05) is 24.7 Å². The monoisotopic (exact) mass is 378 g/mol. The summed E-state index contributed by atoms with van der Waals surface area (Å²) in [6.45, 7) is 5.62. The zero-order valence-electron chi connectivity index (χ0n) is 15.3. The molecule has 1 N–H and O–H groups in total. The van der Waals surface area contributed by atoms with E-state index in [4.69, 9.17) is 16.3 Å². The van der Waals surface area contributed by atoms with Gasteiger partial charge in [0.1, 0.15) is 11.6 Å². The van der Waals surface area contributed by atoms with E-state index in [0.717, 1.165) is 16.9 Å². The number of hydrogen-bond acceptors (Lipinski definition) is 4. The van der Waals surface area contributed by atoms with Gasteiger partial charge < -0.3 is 14.7 Å². The zero-order chi connectivity index (χ0) is 18.9. The van der Waals surface area contributed by atoms with Crippen molar-refractivity contribution in [3.05, 3.63) is 58.4 Å². The van der Waals surface area contributed by atoms with Crippen LogP contribution in [0.1, 0.15) is 25.0 Å². The van der Waals surface area contributed by atoms with Crippen LogP contribution in [-0.4, -0.2) is 35.9 Å². The van der Waals surface area contributed by atoms with E-state index in [2.05, 4.69) is 4.90 Å². The lowest BCUT2D eigenvalue weighted by Gasteiger charge is -2.41. The standard InChI is InChI=1S/C20H24ClFN2O2/c1-20(2,25)12-24-13-23(10-14-4-6-17(26-3)7-5-14)11-15-8-16(21)9-18(22)19(15)24/h4-9,25H,10-13H2,1-3H3. The average molecular weight is 379 g/mol.